The number of carbonyl (C=O) groups excluding carboxylic acids is 2. The predicted molar refractivity (Wildman–Crippen MR) is 91.4 cm³/mol. The van der Waals surface area contributed by atoms with Gasteiger partial charge in [-0.3, -0.25) is 9.59 Å². The molecule has 0 radical (unpaired) electrons. The molecule has 0 unspecified atom stereocenters. The molecule has 0 saturated heterocycles. The molecule has 0 bridgehead atoms. The summed E-state index contributed by atoms with van der Waals surface area (Å²) in [6.45, 7) is 3.51. The molecule has 0 spiro atoms. The molecule has 9 heteroatoms. The first kappa shape index (κ1) is 20.2. The molecule has 1 saturated carbocycles. The maximum Gasteiger partial charge on any atom is 0.416 e. The first-order valence-electron chi connectivity index (χ1n) is 8.97. The SMILES string of the molecule is CCOC(=O)C1(C(=O)OCC)C[C@@H]2CON=C2[C@H]1c1ccc(C(F)(F)F)cc1. The Kier molecular flexibility index (Phi) is 5.36. The highest BCUT2D eigenvalue weighted by atomic mass is 19.4. The Labute approximate surface area is 159 Å². The van der Waals surface area contributed by atoms with Crippen molar-refractivity contribution < 1.29 is 37.1 Å². The fourth-order valence-corrected chi connectivity index (χ4v) is 3.90. The number of rotatable bonds is 5. The van der Waals surface area contributed by atoms with Crippen molar-refractivity contribution in [3.05, 3.63) is 35.4 Å². The van der Waals surface area contributed by atoms with Crippen molar-refractivity contribution in [1.29, 1.82) is 0 Å². The molecule has 1 aliphatic carbocycles. The summed E-state index contributed by atoms with van der Waals surface area (Å²) >= 11 is 0. The van der Waals surface area contributed by atoms with Gasteiger partial charge in [-0.1, -0.05) is 17.3 Å². The van der Waals surface area contributed by atoms with E-state index in [1.807, 2.05) is 0 Å². The summed E-state index contributed by atoms with van der Waals surface area (Å²) in [5.74, 6) is -2.77. The summed E-state index contributed by atoms with van der Waals surface area (Å²) in [4.78, 5) is 31.0. The van der Waals surface area contributed by atoms with Crippen molar-refractivity contribution in [2.45, 2.75) is 32.4 Å². The average molecular weight is 399 g/mol. The number of esters is 2. The van der Waals surface area contributed by atoms with E-state index < -0.39 is 35.0 Å². The highest BCUT2D eigenvalue weighted by Crippen LogP contribution is 2.54. The van der Waals surface area contributed by atoms with E-state index in [0.717, 1.165) is 12.1 Å². The summed E-state index contributed by atoms with van der Waals surface area (Å²) in [5.41, 5.74) is -1.74. The average Bonchev–Trinajstić information content (AvgIpc) is 3.20. The van der Waals surface area contributed by atoms with Crippen LogP contribution >= 0.6 is 0 Å². The largest absolute Gasteiger partial charge is 0.465 e. The van der Waals surface area contributed by atoms with Gasteiger partial charge >= 0.3 is 18.1 Å². The van der Waals surface area contributed by atoms with E-state index in [2.05, 4.69) is 5.16 Å². The van der Waals surface area contributed by atoms with Crippen LogP contribution in [-0.4, -0.2) is 37.5 Å². The second-order valence-corrected chi connectivity index (χ2v) is 6.68. The summed E-state index contributed by atoms with van der Waals surface area (Å²) in [7, 11) is 0. The van der Waals surface area contributed by atoms with Gasteiger partial charge in [0.2, 0.25) is 0 Å². The minimum atomic E-state index is -4.50. The summed E-state index contributed by atoms with van der Waals surface area (Å²) in [6.07, 6.45) is -4.43. The molecular formula is C19H20F3NO5. The van der Waals surface area contributed by atoms with Crippen molar-refractivity contribution in [1.82, 2.24) is 0 Å². The highest BCUT2D eigenvalue weighted by Gasteiger charge is 2.65. The number of fused-ring (bicyclic) bond motifs is 1. The summed E-state index contributed by atoms with van der Waals surface area (Å²) in [5, 5.41) is 3.99. The van der Waals surface area contributed by atoms with Crippen molar-refractivity contribution >= 4 is 17.7 Å². The van der Waals surface area contributed by atoms with Crippen molar-refractivity contribution in [2.75, 3.05) is 19.8 Å². The summed E-state index contributed by atoms with van der Waals surface area (Å²) in [6, 6.07) is 4.34. The molecule has 1 aromatic rings. The lowest BCUT2D eigenvalue weighted by molar-refractivity contribution is -0.173. The molecule has 28 heavy (non-hydrogen) atoms. The number of hydrogen-bond donors (Lipinski definition) is 0. The fourth-order valence-electron chi connectivity index (χ4n) is 3.90. The third kappa shape index (κ3) is 3.22. The number of hydrogen-bond acceptors (Lipinski definition) is 6. The second-order valence-electron chi connectivity index (χ2n) is 6.68. The van der Waals surface area contributed by atoms with E-state index in [9.17, 15) is 22.8 Å². The molecule has 1 aromatic carbocycles. The van der Waals surface area contributed by atoms with Crippen molar-refractivity contribution in [2.24, 2.45) is 16.5 Å². The lowest BCUT2D eigenvalue weighted by Crippen LogP contribution is -2.45. The number of benzene rings is 1. The fraction of sp³-hybridized carbons (Fsp3) is 0.526. The van der Waals surface area contributed by atoms with Crippen LogP contribution in [0.25, 0.3) is 0 Å². The van der Waals surface area contributed by atoms with Crippen molar-refractivity contribution in [3.8, 4) is 0 Å². The number of carbonyl (C=O) groups is 2. The molecule has 152 valence electrons. The highest BCUT2D eigenvalue weighted by molar-refractivity contribution is 6.12. The van der Waals surface area contributed by atoms with Crippen LogP contribution in [0, 0.1) is 11.3 Å². The van der Waals surface area contributed by atoms with E-state index >= 15 is 0 Å². The molecule has 2 atom stereocenters. The quantitative estimate of drug-likeness (QED) is 0.561. The van der Waals surface area contributed by atoms with Crippen LogP contribution in [0.15, 0.2) is 29.4 Å². The molecule has 0 amide bonds. The normalized spacial score (nSPS) is 22.8. The Morgan fingerprint density at radius 3 is 2.21 bits per heavy atom. The predicted octanol–water partition coefficient (Wildman–Crippen LogP) is 3.31. The van der Waals surface area contributed by atoms with Gasteiger partial charge in [0.05, 0.1) is 30.4 Å². The van der Waals surface area contributed by atoms with E-state index in [-0.39, 0.29) is 32.2 Å². The number of ether oxygens (including phenoxy) is 2. The summed E-state index contributed by atoms with van der Waals surface area (Å²) < 4.78 is 49.1. The molecule has 6 nitrogen and oxygen atoms in total. The maximum atomic E-state index is 12.9. The molecule has 1 fully saturated rings. The van der Waals surface area contributed by atoms with Gasteiger partial charge in [-0.2, -0.15) is 13.2 Å². The lowest BCUT2D eigenvalue weighted by atomic mass is 9.73. The van der Waals surface area contributed by atoms with Crippen LogP contribution in [0.5, 0.6) is 0 Å². The Morgan fingerprint density at radius 1 is 1.14 bits per heavy atom. The Hall–Kier alpha value is -2.58. The third-order valence-corrected chi connectivity index (χ3v) is 5.07. The minimum absolute atomic E-state index is 0.0490. The first-order valence-corrected chi connectivity index (χ1v) is 8.97. The number of alkyl halides is 3. The monoisotopic (exact) mass is 399 g/mol. The standard InChI is InChI=1S/C19H20F3NO5/c1-3-26-16(24)18(17(25)27-4-2)9-12-10-28-23-15(12)14(18)11-5-7-13(8-6-11)19(20,21)22/h5-8,12,14H,3-4,9-10H2,1-2H3/t12-,14-/m1/s1. The van der Waals surface area contributed by atoms with Gasteiger partial charge in [0, 0.05) is 5.92 Å². The molecular weight excluding hydrogens is 379 g/mol. The first-order chi connectivity index (χ1) is 13.3. The number of nitrogens with zero attached hydrogens (tertiary/aromatic N) is 1. The Bertz CT molecular complexity index is 770. The van der Waals surface area contributed by atoms with Crippen LogP contribution in [0.1, 0.15) is 37.3 Å². The van der Waals surface area contributed by atoms with Gasteiger partial charge < -0.3 is 14.3 Å². The van der Waals surface area contributed by atoms with Crippen LogP contribution < -0.4 is 0 Å². The van der Waals surface area contributed by atoms with Gasteiger partial charge in [0.15, 0.2) is 5.41 Å². The zero-order valence-electron chi connectivity index (χ0n) is 15.4. The Balaban J connectivity index is 2.12. The van der Waals surface area contributed by atoms with Crippen LogP contribution in [0.3, 0.4) is 0 Å². The van der Waals surface area contributed by atoms with Gasteiger partial charge in [0.25, 0.3) is 0 Å². The zero-order valence-corrected chi connectivity index (χ0v) is 15.4. The zero-order chi connectivity index (χ0) is 20.5. The van der Waals surface area contributed by atoms with Gasteiger partial charge in [0.1, 0.15) is 6.61 Å². The van der Waals surface area contributed by atoms with Gasteiger partial charge in [-0.15, -0.1) is 0 Å². The van der Waals surface area contributed by atoms with E-state index in [4.69, 9.17) is 14.3 Å². The second kappa shape index (κ2) is 7.44. The molecule has 1 heterocycles. The van der Waals surface area contributed by atoms with Crippen LogP contribution in [0.4, 0.5) is 13.2 Å². The third-order valence-electron chi connectivity index (χ3n) is 5.07. The smallest absolute Gasteiger partial charge is 0.416 e. The van der Waals surface area contributed by atoms with Gasteiger partial charge in [-0.25, -0.2) is 0 Å². The Morgan fingerprint density at radius 2 is 1.71 bits per heavy atom. The molecule has 2 aliphatic rings. The number of oxime groups is 1. The van der Waals surface area contributed by atoms with E-state index in [0.29, 0.717) is 11.3 Å². The minimum Gasteiger partial charge on any atom is -0.465 e. The lowest BCUT2D eigenvalue weighted by Gasteiger charge is -2.31. The molecule has 3 rings (SSSR count). The van der Waals surface area contributed by atoms with Crippen LogP contribution in [0.2, 0.25) is 0 Å². The molecule has 0 N–H and O–H groups in total. The molecule has 1 aliphatic heterocycles. The van der Waals surface area contributed by atoms with E-state index in [1.165, 1.54) is 12.1 Å². The van der Waals surface area contributed by atoms with Gasteiger partial charge in [-0.05, 0) is 38.0 Å². The number of halogens is 3. The topological polar surface area (TPSA) is 74.2 Å². The molecule has 0 aromatic heterocycles. The van der Waals surface area contributed by atoms with Crippen molar-refractivity contribution in [3.63, 3.8) is 0 Å². The maximum absolute atomic E-state index is 12.9. The van der Waals surface area contributed by atoms with E-state index in [1.54, 1.807) is 13.8 Å². The van der Waals surface area contributed by atoms with Crippen LogP contribution in [-0.2, 0) is 30.1 Å².